The molecule has 1 aromatic carbocycles. The summed E-state index contributed by atoms with van der Waals surface area (Å²) in [4.78, 5) is 14.8. The molecule has 3 heterocycles. The molecule has 0 saturated heterocycles. The van der Waals surface area contributed by atoms with Gasteiger partial charge < -0.3 is 24.2 Å². The molecular formula is C25H37N5O7S. The van der Waals surface area contributed by atoms with Gasteiger partial charge in [-0.25, -0.2) is 13.1 Å². The van der Waals surface area contributed by atoms with Crippen LogP contribution in [0.5, 0.6) is 11.5 Å². The lowest BCUT2D eigenvalue weighted by Crippen LogP contribution is -2.47. The summed E-state index contributed by atoms with van der Waals surface area (Å²) in [5.41, 5.74) is 0.754. The number of aliphatic hydroxyl groups excluding tert-OH is 1. The molecule has 0 spiro atoms. The Hall–Kier alpha value is -2.74. The molecule has 38 heavy (non-hydrogen) atoms. The van der Waals surface area contributed by atoms with E-state index in [1.807, 2.05) is 6.92 Å². The normalized spacial score (nSPS) is 22.2. The van der Waals surface area contributed by atoms with Crippen molar-refractivity contribution in [2.24, 2.45) is 5.92 Å². The van der Waals surface area contributed by atoms with Crippen LogP contribution in [0, 0.1) is 5.92 Å². The predicted octanol–water partition coefficient (Wildman–Crippen LogP) is 1.28. The standard InChI is InChI=1S/C25H37N5O7S/c1-18-14-29(19(2)16-31)25(32)6-4-9-30-20(13-26-27-30)17-37-24(18)15-28(3)38(33,34)21-7-8-22-23(12-21)36-11-5-10-35-22/h7-8,12-13,18-19,24,31H,4-6,9-11,14-17H2,1-3H3/t18-,19-,24-/m1/s1. The monoisotopic (exact) mass is 551 g/mol. The van der Waals surface area contributed by atoms with E-state index in [4.69, 9.17) is 14.2 Å². The Labute approximate surface area is 223 Å². The van der Waals surface area contributed by atoms with E-state index in [9.17, 15) is 18.3 Å². The number of benzene rings is 1. The van der Waals surface area contributed by atoms with Crippen molar-refractivity contribution in [1.82, 2.24) is 24.2 Å². The van der Waals surface area contributed by atoms with Crippen LogP contribution in [0.3, 0.4) is 0 Å². The summed E-state index contributed by atoms with van der Waals surface area (Å²) >= 11 is 0. The van der Waals surface area contributed by atoms with E-state index in [1.165, 1.54) is 23.5 Å². The fourth-order valence-corrected chi connectivity index (χ4v) is 5.78. The molecule has 210 valence electrons. The predicted molar refractivity (Wildman–Crippen MR) is 137 cm³/mol. The van der Waals surface area contributed by atoms with Gasteiger partial charge in [-0.3, -0.25) is 4.79 Å². The van der Waals surface area contributed by atoms with Gasteiger partial charge in [-0.2, -0.15) is 4.31 Å². The Kier molecular flexibility index (Phi) is 9.23. The largest absolute Gasteiger partial charge is 0.490 e. The van der Waals surface area contributed by atoms with E-state index in [0.29, 0.717) is 50.6 Å². The van der Waals surface area contributed by atoms with Crippen LogP contribution in [-0.2, 0) is 32.7 Å². The van der Waals surface area contributed by atoms with Crippen molar-refractivity contribution in [2.75, 3.05) is 40.0 Å². The number of nitrogens with zero attached hydrogens (tertiary/aromatic N) is 5. The van der Waals surface area contributed by atoms with Crippen molar-refractivity contribution in [3.63, 3.8) is 0 Å². The summed E-state index contributed by atoms with van der Waals surface area (Å²) in [5.74, 6) is 0.611. The molecule has 0 saturated carbocycles. The van der Waals surface area contributed by atoms with Gasteiger partial charge in [0.1, 0.15) is 0 Å². The number of aliphatic hydroxyl groups is 1. The van der Waals surface area contributed by atoms with E-state index >= 15 is 0 Å². The molecule has 0 unspecified atom stereocenters. The number of likely N-dealkylation sites (N-methyl/N-ethyl adjacent to an activating group) is 1. The zero-order chi connectivity index (χ0) is 27.3. The third-order valence-electron chi connectivity index (χ3n) is 7.00. The highest BCUT2D eigenvalue weighted by Crippen LogP contribution is 2.33. The topological polar surface area (TPSA) is 136 Å². The number of rotatable bonds is 6. The van der Waals surface area contributed by atoms with Crippen LogP contribution in [0.1, 0.15) is 38.8 Å². The van der Waals surface area contributed by atoms with Crippen LogP contribution in [0.4, 0.5) is 0 Å². The second kappa shape index (κ2) is 12.4. The van der Waals surface area contributed by atoms with Gasteiger partial charge in [0.2, 0.25) is 15.9 Å². The maximum Gasteiger partial charge on any atom is 0.243 e. The molecule has 2 aromatic rings. The fraction of sp³-hybridized carbons (Fsp3) is 0.640. The van der Waals surface area contributed by atoms with Gasteiger partial charge in [-0.05, 0) is 25.5 Å². The molecular weight excluding hydrogens is 514 g/mol. The van der Waals surface area contributed by atoms with Crippen molar-refractivity contribution in [3.8, 4) is 11.5 Å². The minimum Gasteiger partial charge on any atom is -0.490 e. The maximum absolute atomic E-state index is 13.5. The number of sulfonamides is 1. The first-order valence-electron chi connectivity index (χ1n) is 13.0. The zero-order valence-corrected chi connectivity index (χ0v) is 23.0. The molecule has 0 aliphatic carbocycles. The summed E-state index contributed by atoms with van der Waals surface area (Å²) < 4.78 is 47.6. The van der Waals surface area contributed by atoms with Gasteiger partial charge in [0, 0.05) is 51.5 Å². The molecule has 1 N–H and O–H groups in total. The minimum absolute atomic E-state index is 0.0506. The van der Waals surface area contributed by atoms with Gasteiger partial charge in [0.05, 0.1) is 55.4 Å². The van der Waals surface area contributed by atoms with E-state index in [1.54, 1.807) is 28.8 Å². The van der Waals surface area contributed by atoms with Crippen molar-refractivity contribution in [2.45, 2.75) is 63.3 Å². The average molecular weight is 552 g/mol. The summed E-state index contributed by atoms with van der Waals surface area (Å²) in [5, 5.41) is 17.8. The Morgan fingerprint density at radius 1 is 1.21 bits per heavy atom. The van der Waals surface area contributed by atoms with Crippen molar-refractivity contribution >= 4 is 15.9 Å². The smallest absolute Gasteiger partial charge is 0.243 e. The summed E-state index contributed by atoms with van der Waals surface area (Å²) in [7, 11) is -2.38. The third-order valence-corrected chi connectivity index (χ3v) is 8.82. The number of aromatic nitrogens is 3. The van der Waals surface area contributed by atoms with E-state index < -0.39 is 16.1 Å². The lowest BCUT2D eigenvalue weighted by atomic mass is 10.0. The first kappa shape index (κ1) is 28.3. The number of hydrogen-bond acceptors (Lipinski definition) is 9. The molecule has 3 atom stereocenters. The van der Waals surface area contributed by atoms with Crippen LogP contribution in [0.2, 0.25) is 0 Å². The number of carbonyl (C=O) groups is 1. The Balaban J connectivity index is 1.58. The van der Waals surface area contributed by atoms with Gasteiger partial charge in [-0.1, -0.05) is 12.1 Å². The van der Waals surface area contributed by atoms with Gasteiger partial charge >= 0.3 is 0 Å². The molecule has 1 aromatic heterocycles. The first-order chi connectivity index (χ1) is 18.2. The Bertz CT molecular complexity index is 1200. The Morgan fingerprint density at radius 3 is 2.74 bits per heavy atom. The van der Waals surface area contributed by atoms with Crippen LogP contribution in [0.25, 0.3) is 0 Å². The van der Waals surface area contributed by atoms with Crippen molar-refractivity contribution < 1.29 is 32.5 Å². The molecule has 2 aliphatic heterocycles. The molecule has 13 heteroatoms. The molecule has 0 radical (unpaired) electrons. The summed E-state index contributed by atoms with van der Waals surface area (Å²) in [6.07, 6.45) is 2.67. The molecule has 12 nitrogen and oxygen atoms in total. The highest BCUT2D eigenvalue weighted by molar-refractivity contribution is 7.89. The number of fused-ring (bicyclic) bond motifs is 2. The SMILES string of the molecule is C[C@@H]1CN([C@H](C)CO)C(=O)CCCn2nncc2CO[C@@H]1CN(C)S(=O)(=O)c1ccc2c(c1)OCCCO2. The molecule has 2 aliphatic rings. The third kappa shape index (κ3) is 6.45. The number of aryl methyl sites for hydroxylation is 1. The Morgan fingerprint density at radius 2 is 1.97 bits per heavy atom. The van der Waals surface area contributed by atoms with E-state index in [2.05, 4.69) is 10.3 Å². The lowest BCUT2D eigenvalue weighted by Gasteiger charge is -2.35. The lowest BCUT2D eigenvalue weighted by molar-refractivity contribution is -0.136. The summed E-state index contributed by atoms with van der Waals surface area (Å²) in [6.45, 7) is 5.58. The van der Waals surface area contributed by atoms with Gasteiger partial charge in [0.25, 0.3) is 0 Å². The number of carbonyl (C=O) groups excluding carboxylic acids is 1. The average Bonchev–Trinajstić information content (AvgIpc) is 3.21. The molecule has 1 amide bonds. The van der Waals surface area contributed by atoms with Crippen molar-refractivity contribution in [3.05, 3.63) is 30.1 Å². The van der Waals surface area contributed by atoms with Crippen LogP contribution >= 0.6 is 0 Å². The van der Waals surface area contributed by atoms with Gasteiger partial charge in [-0.15, -0.1) is 5.10 Å². The first-order valence-corrected chi connectivity index (χ1v) is 14.4. The molecule has 0 bridgehead atoms. The molecule has 0 fully saturated rings. The van der Waals surface area contributed by atoms with Crippen LogP contribution < -0.4 is 9.47 Å². The molecule has 4 rings (SSSR count). The van der Waals surface area contributed by atoms with Crippen LogP contribution in [0.15, 0.2) is 29.3 Å². The fourth-order valence-electron chi connectivity index (χ4n) is 4.58. The maximum atomic E-state index is 13.5. The highest BCUT2D eigenvalue weighted by Gasteiger charge is 2.32. The number of amides is 1. The quantitative estimate of drug-likeness (QED) is 0.563. The zero-order valence-electron chi connectivity index (χ0n) is 22.2. The van der Waals surface area contributed by atoms with Crippen molar-refractivity contribution in [1.29, 1.82) is 0 Å². The number of ether oxygens (including phenoxy) is 3. The van der Waals surface area contributed by atoms with Gasteiger partial charge in [0.15, 0.2) is 11.5 Å². The van der Waals surface area contributed by atoms with E-state index in [-0.39, 0.29) is 42.5 Å². The van der Waals surface area contributed by atoms with E-state index in [0.717, 1.165) is 12.1 Å². The minimum atomic E-state index is -3.89. The number of hydrogen-bond donors (Lipinski definition) is 1. The summed E-state index contributed by atoms with van der Waals surface area (Å²) in [6, 6.07) is 4.24. The highest BCUT2D eigenvalue weighted by atomic mass is 32.2. The second-order valence-corrected chi connectivity index (χ2v) is 11.9. The van der Waals surface area contributed by atoms with Crippen LogP contribution in [-0.4, -0.2) is 95.7 Å². The second-order valence-electron chi connectivity index (χ2n) is 9.90.